The summed E-state index contributed by atoms with van der Waals surface area (Å²) >= 11 is 6.25. The highest BCUT2D eigenvalue weighted by Crippen LogP contribution is 2.43. The zero-order valence-electron chi connectivity index (χ0n) is 23.4. The van der Waals surface area contributed by atoms with Crippen molar-refractivity contribution in [3.05, 3.63) is 70.6 Å². The maximum Gasteiger partial charge on any atom is 0.303 e. The van der Waals surface area contributed by atoms with Gasteiger partial charge < -0.3 is 20.1 Å². The molecule has 1 fully saturated rings. The molecule has 0 bridgehead atoms. The number of nitrogens with one attached hydrogen (secondary N) is 3. The third-order valence-electron chi connectivity index (χ3n) is 7.57. The molecule has 0 spiro atoms. The van der Waals surface area contributed by atoms with E-state index in [0.717, 1.165) is 25.9 Å². The molecule has 0 radical (unpaired) electrons. The number of anilines is 2. The van der Waals surface area contributed by atoms with Crippen LogP contribution in [0.1, 0.15) is 37.0 Å². The van der Waals surface area contributed by atoms with Crippen LogP contribution in [0.5, 0.6) is 5.75 Å². The van der Waals surface area contributed by atoms with Gasteiger partial charge in [-0.25, -0.2) is 22.8 Å². The summed E-state index contributed by atoms with van der Waals surface area (Å²) in [4.78, 5) is 20.4. The van der Waals surface area contributed by atoms with Crippen molar-refractivity contribution in [2.45, 2.75) is 43.7 Å². The average Bonchev–Trinajstić information content (AvgIpc) is 3.36. The summed E-state index contributed by atoms with van der Waals surface area (Å²) < 4.78 is 55.9. The minimum absolute atomic E-state index is 0.0429. The van der Waals surface area contributed by atoms with Crippen LogP contribution < -0.4 is 20.1 Å². The second-order valence-electron chi connectivity index (χ2n) is 10.6. The van der Waals surface area contributed by atoms with Crippen molar-refractivity contribution in [2.24, 2.45) is 0 Å². The molecule has 3 heterocycles. The van der Waals surface area contributed by atoms with E-state index in [1.165, 1.54) is 31.2 Å². The quantitative estimate of drug-likeness (QED) is 0.232. The van der Waals surface area contributed by atoms with Crippen molar-refractivity contribution in [3.8, 4) is 16.9 Å². The fraction of sp³-hybridized carbons (Fsp3) is 0.300. The Morgan fingerprint density at radius 1 is 1.16 bits per heavy atom. The maximum absolute atomic E-state index is 15.3. The monoisotopic (exact) mass is 625 g/mol. The van der Waals surface area contributed by atoms with Crippen LogP contribution in [-0.2, 0) is 19.6 Å². The van der Waals surface area contributed by atoms with Gasteiger partial charge >= 0.3 is 5.97 Å². The molecule has 3 N–H and O–H groups in total. The molecule has 0 saturated carbocycles. The van der Waals surface area contributed by atoms with Crippen molar-refractivity contribution in [2.75, 3.05) is 29.7 Å². The van der Waals surface area contributed by atoms with Gasteiger partial charge in [-0.05, 0) is 80.4 Å². The molecule has 1 saturated heterocycles. The lowest BCUT2D eigenvalue weighted by atomic mass is 9.97. The highest BCUT2D eigenvalue weighted by Gasteiger charge is 2.34. The van der Waals surface area contributed by atoms with Crippen LogP contribution in [-0.4, -0.2) is 50.1 Å². The topological polar surface area (TPSA) is 132 Å². The third-order valence-corrected chi connectivity index (χ3v) is 9.16. The number of fused-ring (bicyclic) bond motifs is 2. The maximum atomic E-state index is 15.3. The lowest BCUT2D eigenvalue weighted by Gasteiger charge is -2.23. The fourth-order valence-electron chi connectivity index (χ4n) is 5.48. The third kappa shape index (κ3) is 5.95. The Balaban J connectivity index is 1.30. The molecule has 0 aliphatic carbocycles. The number of aromatic nitrogens is 2. The fourth-order valence-corrected chi connectivity index (χ4v) is 7.09. The number of carbonyl (C=O) groups is 1. The molecular weight excluding hydrogens is 597 g/mol. The van der Waals surface area contributed by atoms with Crippen LogP contribution >= 0.6 is 11.6 Å². The summed E-state index contributed by atoms with van der Waals surface area (Å²) in [5.41, 5.74) is 2.39. The number of halogens is 2. The average molecular weight is 626 g/mol. The first-order valence-electron chi connectivity index (χ1n) is 13.8. The Hall–Kier alpha value is -4.00. The zero-order valence-corrected chi connectivity index (χ0v) is 25.0. The summed E-state index contributed by atoms with van der Waals surface area (Å²) in [6.07, 6.45) is 2.88. The molecule has 224 valence electrons. The van der Waals surface area contributed by atoms with Gasteiger partial charge in [-0.1, -0.05) is 17.7 Å². The van der Waals surface area contributed by atoms with E-state index in [1.807, 2.05) is 0 Å². The number of esters is 1. The number of sulfonamides is 1. The summed E-state index contributed by atoms with van der Waals surface area (Å²) in [6, 6.07) is 11.0. The number of ether oxygens (including phenoxy) is 2. The van der Waals surface area contributed by atoms with Gasteiger partial charge in [-0.3, -0.25) is 9.52 Å². The van der Waals surface area contributed by atoms with Gasteiger partial charge in [0.1, 0.15) is 23.1 Å². The minimum atomic E-state index is -4.25. The zero-order chi connectivity index (χ0) is 30.3. The lowest BCUT2D eigenvalue weighted by Crippen LogP contribution is -2.35. The van der Waals surface area contributed by atoms with Gasteiger partial charge in [0.25, 0.3) is 10.0 Å². The van der Waals surface area contributed by atoms with Crippen LogP contribution in [0.4, 0.5) is 16.0 Å². The Kier molecular flexibility index (Phi) is 7.84. The first-order chi connectivity index (χ1) is 20.6. The normalized spacial score (nSPS) is 16.9. The smallest absolute Gasteiger partial charge is 0.303 e. The number of piperidine rings is 1. The van der Waals surface area contributed by atoms with Gasteiger partial charge in [0.15, 0.2) is 6.10 Å². The molecule has 13 heteroatoms. The molecule has 2 aliphatic rings. The first kappa shape index (κ1) is 29.1. The van der Waals surface area contributed by atoms with E-state index in [4.69, 9.17) is 21.1 Å². The van der Waals surface area contributed by atoms with E-state index in [-0.39, 0.29) is 33.5 Å². The minimum Gasteiger partial charge on any atom is -0.487 e. The van der Waals surface area contributed by atoms with Crippen molar-refractivity contribution >= 4 is 50.1 Å². The van der Waals surface area contributed by atoms with Gasteiger partial charge in [0, 0.05) is 40.7 Å². The highest BCUT2D eigenvalue weighted by atomic mass is 35.5. The van der Waals surface area contributed by atoms with Crippen LogP contribution in [0.15, 0.2) is 53.6 Å². The summed E-state index contributed by atoms with van der Waals surface area (Å²) in [7, 11) is -4.25. The summed E-state index contributed by atoms with van der Waals surface area (Å²) in [5.74, 6) is -0.456. The van der Waals surface area contributed by atoms with Crippen molar-refractivity contribution in [1.29, 1.82) is 0 Å². The molecule has 1 aromatic heterocycles. The van der Waals surface area contributed by atoms with Crippen molar-refractivity contribution in [1.82, 2.24) is 15.3 Å². The van der Waals surface area contributed by atoms with E-state index < -0.39 is 27.9 Å². The van der Waals surface area contributed by atoms with Crippen LogP contribution in [0.3, 0.4) is 0 Å². The van der Waals surface area contributed by atoms with E-state index in [0.29, 0.717) is 39.6 Å². The molecule has 6 rings (SSSR count). The Morgan fingerprint density at radius 3 is 2.72 bits per heavy atom. The molecule has 43 heavy (non-hydrogen) atoms. The molecule has 3 aromatic carbocycles. The van der Waals surface area contributed by atoms with E-state index in [2.05, 4.69) is 25.3 Å². The van der Waals surface area contributed by atoms with Gasteiger partial charge in [0.05, 0.1) is 11.2 Å². The van der Waals surface area contributed by atoms with E-state index in [9.17, 15) is 13.2 Å². The molecule has 1 atom stereocenters. The van der Waals surface area contributed by atoms with Crippen LogP contribution in [0.2, 0.25) is 5.02 Å². The molecular formula is C30H29ClFN5O5S. The Labute approximate surface area is 253 Å². The summed E-state index contributed by atoms with van der Waals surface area (Å²) in [6.45, 7) is 4.74. The predicted molar refractivity (Wildman–Crippen MR) is 161 cm³/mol. The lowest BCUT2D eigenvalue weighted by molar-refractivity contribution is -0.147. The second kappa shape index (κ2) is 11.6. The van der Waals surface area contributed by atoms with Crippen LogP contribution in [0, 0.1) is 12.7 Å². The highest BCUT2D eigenvalue weighted by molar-refractivity contribution is 7.92. The molecule has 2 aliphatic heterocycles. The van der Waals surface area contributed by atoms with Gasteiger partial charge in [-0.2, -0.15) is 0 Å². The molecule has 10 nitrogen and oxygen atoms in total. The number of hydrogen-bond donors (Lipinski definition) is 3. The standard InChI is InChI=1S/C30H29ClFN5O5S/c1-16-24(37-43(39,40)27-13-20(31)12-22-26(42-17(2)38)15-41-29(22)27)6-4-23(32)28(16)18-3-5-25-19(11-18)14-34-30(36-25)35-21-7-9-33-10-8-21/h3-6,11-14,21,26,33,37H,7-10,15H2,1-2H3,(H,34,35,36)/t26-/m1/s1. The molecule has 0 amide bonds. The number of hydrogen-bond acceptors (Lipinski definition) is 9. The first-order valence-corrected chi connectivity index (χ1v) is 15.6. The summed E-state index contributed by atoms with van der Waals surface area (Å²) in [5, 5.41) is 7.56. The Bertz CT molecular complexity index is 1850. The van der Waals surface area contributed by atoms with Crippen molar-refractivity contribution < 1.29 is 27.1 Å². The van der Waals surface area contributed by atoms with Gasteiger partial charge in [0.2, 0.25) is 5.95 Å². The number of rotatable bonds is 7. The van der Waals surface area contributed by atoms with E-state index in [1.54, 1.807) is 31.3 Å². The van der Waals surface area contributed by atoms with E-state index >= 15 is 4.39 Å². The second-order valence-corrected chi connectivity index (χ2v) is 12.7. The number of carbonyl (C=O) groups excluding carboxylic acids is 1. The SMILES string of the molecule is CC(=O)O[C@@H]1COc2c1cc(Cl)cc2S(=O)(=O)Nc1ccc(F)c(-c2ccc3nc(NC4CCNCC4)ncc3c2)c1C. The number of nitrogens with zero attached hydrogens (tertiary/aromatic N) is 2. The Morgan fingerprint density at radius 2 is 1.95 bits per heavy atom. The van der Waals surface area contributed by atoms with Gasteiger partial charge in [-0.15, -0.1) is 0 Å². The van der Waals surface area contributed by atoms with Crippen molar-refractivity contribution in [3.63, 3.8) is 0 Å². The number of benzene rings is 3. The molecule has 0 unspecified atom stereocenters. The molecule has 4 aromatic rings. The van der Waals surface area contributed by atoms with Crippen LogP contribution in [0.25, 0.3) is 22.0 Å². The predicted octanol–water partition coefficient (Wildman–Crippen LogP) is 5.36. The largest absolute Gasteiger partial charge is 0.487 e.